The lowest BCUT2D eigenvalue weighted by Gasteiger charge is -2.23. The number of hydrogen-bond acceptors (Lipinski definition) is 5. The van der Waals surface area contributed by atoms with E-state index >= 15 is 0 Å². The van der Waals surface area contributed by atoms with Crippen molar-refractivity contribution in [1.29, 1.82) is 0 Å². The number of furan rings is 1. The number of fused-ring (bicyclic) bond motifs is 1. The van der Waals surface area contributed by atoms with E-state index in [0.717, 1.165) is 16.5 Å². The van der Waals surface area contributed by atoms with Gasteiger partial charge >= 0.3 is 0 Å². The highest BCUT2D eigenvalue weighted by Crippen LogP contribution is 2.39. The zero-order valence-corrected chi connectivity index (χ0v) is 18.2. The molecule has 4 aromatic rings. The molecule has 8 heteroatoms. The Labute approximate surface area is 194 Å². The average Bonchev–Trinajstić information content (AvgIpc) is 3.57. The minimum Gasteiger partial charge on any atom is -0.507 e. The normalized spacial score (nSPS) is 17.6. The second kappa shape index (κ2) is 8.55. The molecule has 0 radical (unpaired) electrons. The Morgan fingerprint density at radius 3 is 2.68 bits per heavy atom. The number of Topliss-reactive ketones (excluding diaryl/α,β-unsaturated/α-hetero) is 1. The number of H-pyrrole nitrogens is 1. The van der Waals surface area contributed by atoms with Gasteiger partial charge in [0.1, 0.15) is 29.1 Å². The molecule has 0 saturated carbocycles. The molecule has 0 aliphatic carbocycles. The number of rotatable bonds is 6. The molecule has 1 aliphatic heterocycles. The monoisotopic (exact) mass is 460 g/mol. The Bertz CT molecular complexity index is 1400. The third-order valence-electron chi connectivity index (χ3n) is 6.07. The van der Waals surface area contributed by atoms with Gasteiger partial charge in [0.2, 0.25) is 0 Å². The van der Waals surface area contributed by atoms with Gasteiger partial charge in [0, 0.05) is 29.2 Å². The number of amides is 1. The van der Waals surface area contributed by atoms with Crippen molar-refractivity contribution in [1.82, 2.24) is 9.88 Å². The van der Waals surface area contributed by atoms with Crippen molar-refractivity contribution in [2.45, 2.75) is 12.5 Å². The third kappa shape index (κ3) is 3.63. The van der Waals surface area contributed by atoms with Crippen molar-refractivity contribution in [3.63, 3.8) is 0 Å². The summed E-state index contributed by atoms with van der Waals surface area (Å²) in [5.41, 5.74) is 2.02. The van der Waals surface area contributed by atoms with Gasteiger partial charge < -0.3 is 24.1 Å². The number of aromatic nitrogens is 1. The quantitative estimate of drug-likeness (QED) is 0.250. The van der Waals surface area contributed by atoms with Crippen LogP contribution in [0.15, 0.2) is 77.0 Å². The summed E-state index contributed by atoms with van der Waals surface area (Å²) in [6.07, 6.45) is 3.76. The molecule has 0 bridgehead atoms. The molecule has 1 saturated heterocycles. The number of hydrogen-bond donors (Lipinski definition) is 2. The number of nitrogens with zero attached hydrogens (tertiary/aromatic N) is 1. The van der Waals surface area contributed by atoms with Crippen LogP contribution in [0.3, 0.4) is 0 Å². The van der Waals surface area contributed by atoms with Crippen molar-refractivity contribution < 1.29 is 28.2 Å². The van der Waals surface area contributed by atoms with Crippen LogP contribution in [0, 0.1) is 5.82 Å². The fraction of sp³-hybridized carbons (Fsp3) is 0.154. The van der Waals surface area contributed by atoms with E-state index in [2.05, 4.69) is 4.98 Å². The number of likely N-dealkylation sites (tertiary alicyclic amines) is 1. The Hall–Kier alpha value is -4.33. The number of halogens is 1. The van der Waals surface area contributed by atoms with Crippen LogP contribution >= 0.6 is 0 Å². The van der Waals surface area contributed by atoms with Gasteiger partial charge in [0.05, 0.1) is 18.9 Å². The molecular weight excluding hydrogens is 439 g/mol. The summed E-state index contributed by atoms with van der Waals surface area (Å²) in [4.78, 5) is 30.6. The maximum Gasteiger partial charge on any atom is 0.295 e. The van der Waals surface area contributed by atoms with Crippen LogP contribution in [-0.2, 0) is 16.0 Å². The summed E-state index contributed by atoms with van der Waals surface area (Å²) in [6, 6.07) is 13.2. The van der Waals surface area contributed by atoms with E-state index in [-0.39, 0.29) is 23.4 Å². The van der Waals surface area contributed by atoms with Crippen LogP contribution < -0.4 is 4.74 Å². The Morgan fingerprint density at radius 1 is 1.18 bits per heavy atom. The molecule has 1 atom stereocenters. The zero-order chi connectivity index (χ0) is 23.8. The topological polar surface area (TPSA) is 95.8 Å². The van der Waals surface area contributed by atoms with Crippen molar-refractivity contribution in [2.75, 3.05) is 13.7 Å². The summed E-state index contributed by atoms with van der Waals surface area (Å²) in [7, 11) is 1.59. The molecule has 172 valence electrons. The van der Waals surface area contributed by atoms with E-state index in [1.807, 2.05) is 24.4 Å². The van der Waals surface area contributed by atoms with Gasteiger partial charge in [-0.2, -0.15) is 0 Å². The Balaban J connectivity index is 1.52. The molecule has 2 aromatic carbocycles. The molecule has 1 fully saturated rings. The lowest BCUT2D eigenvalue weighted by atomic mass is 9.99. The fourth-order valence-corrected chi connectivity index (χ4v) is 4.35. The summed E-state index contributed by atoms with van der Waals surface area (Å²) in [6.45, 7) is 0.209. The van der Waals surface area contributed by atoms with Gasteiger partial charge in [-0.3, -0.25) is 9.59 Å². The van der Waals surface area contributed by atoms with Crippen LogP contribution in [0.5, 0.6) is 5.75 Å². The molecule has 7 nitrogen and oxygen atoms in total. The van der Waals surface area contributed by atoms with E-state index in [1.165, 1.54) is 35.4 Å². The van der Waals surface area contributed by atoms with E-state index in [1.54, 1.807) is 19.2 Å². The minimum absolute atomic E-state index is 0.0906. The van der Waals surface area contributed by atoms with E-state index in [9.17, 15) is 19.1 Å². The Kier molecular flexibility index (Phi) is 5.41. The van der Waals surface area contributed by atoms with Crippen molar-refractivity contribution in [2.24, 2.45) is 0 Å². The highest BCUT2D eigenvalue weighted by molar-refractivity contribution is 6.46. The predicted octanol–water partition coefficient (Wildman–Crippen LogP) is 4.57. The van der Waals surface area contributed by atoms with Crippen LogP contribution in [0.4, 0.5) is 4.39 Å². The van der Waals surface area contributed by atoms with Crippen LogP contribution in [-0.4, -0.2) is 40.3 Å². The van der Waals surface area contributed by atoms with Crippen molar-refractivity contribution >= 4 is 28.4 Å². The largest absolute Gasteiger partial charge is 0.507 e. The molecule has 1 unspecified atom stereocenters. The van der Waals surface area contributed by atoms with E-state index in [4.69, 9.17) is 9.15 Å². The lowest BCUT2D eigenvalue weighted by molar-refractivity contribution is -0.140. The second-order valence-corrected chi connectivity index (χ2v) is 7.99. The molecule has 2 N–H and O–H groups in total. The van der Waals surface area contributed by atoms with Gasteiger partial charge in [-0.15, -0.1) is 0 Å². The summed E-state index contributed by atoms with van der Waals surface area (Å²) >= 11 is 0. The molecule has 34 heavy (non-hydrogen) atoms. The van der Waals surface area contributed by atoms with Crippen LogP contribution in [0.25, 0.3) is 16.7 Å². The smallest absolute Gasteiger partial charge is 0.295 e. The summed E-state index contributed by atoms with van der Waals surface area (Å²) < 4.78 is 24.2. The first kappa shape index (κ1) is 21.5. The highest BCUT2D eigenvalue weighted by atomic mass is 19.1. The fourth-order valence-electron chi connectivity index (χ4n) is 4.35. The number of benzene rings is 2. The van der Waals surface area contributed by atoms with E-state index < -0.39 is 23.5 Å². The zero-order valence-electron chi connectivity index (χ0n) is 18.2. The maximum atomic E-state index is 13.4. The number of carbonyl (C=O) groups is 2. The molecule has 0 spiro atoms. The predicted molar refractivity (Wildman–Crippen MR) is 123 cm³/mol. The third-order valence-corrected chi connectivity index (χ3v) is 6.07. The SMILES string of the molecule is COc1ccc2[nH]cc(CCN3C(=O)C(=O)/C(=C(\O)c4ccc(F)cc4)C3c3ccco3)c2c1. The molecule has 1 amide bonds. The summed E-state index contributed by atoms with van der Waals surface area (Å²) in [5, 5.41) is 11.9. The number of ketones is 1. The number of aromatic amines is 1. The van der Waals surface area contributed by atoms with Gasteiger partial charge in [-0.05, 0) is 66.6 Å². The number of aliphatic hydroxyl groups is 1. The highest BCUT2D eigenvalue weighted by Gasteiger charge is 2.47. The second-order valence-electron chi connectivity index (χ2n) is 7.99. The van der Waals surface area contributed by atoms with Crippen molar-refractivity contribution in [3.8, 4) is 5.75 Å². The first-order valence-corrected chi connectivity index (χ1v) is 10.7. The van der Waals surface area contributed by atoms with Gasteiger partial charge in [-0.25, -0.2) is 4.39 Å². The summed E-state index contributed by atoms with van der Waals surface area (Å²) in [5.74, 6) is -1.34. The molecule has 3 heterocycles. The number of ether oxygens (including phenoxy) is 1. The standard InChI is InChI=1S/C26H21FN2O5/c1-33-18-8-9-20-19(13-18)16(14-28-20)10-11-29-23(21-3-2-12-34-21)22(25(31)26(29)32)24(30)15-4-6-17(27)7-5-15/h2-9,12-14,23,28,30H,10-11H2,1H3/b24-22-. The number of nitrogens with one attached hydrogen (secondary N) is 1. The minimum atomic E-state index is -0.903. The maximum absolute atomic E-state index is 13.4. The number of aliphatic hydroxyl groups excluding tert-OH is 1. The number of carbonyl (C=O) groups excluding carboxylic acids is 2. The van der Waals surface area contributed by atoms with Crippen molar-refractivity contribution in [3.05, 3.63) is 95.3 Å². The average molecular weight is 460 g/mol. The first-order valence-electron chi connectivity index (χ1n) is 10.7. The molecule has 2 aromatic heterocycles. The first-order chi connectivity index (χ1) is 16.5. The molecule has 1 aliphatic rings. The van der Waals surface area contributed by atoms with Gasteiger partial charge in [0.25, 0.3) is 11.7 Å². The van der Waals surface area contributed by atoms with Crippen LogP contribution in [0.1, 0.15) is 22.9 Å². The molecule has 5 rings (SSSR count). The molecular formula is C26H21FN2O5. The van der Waals surface area contributed by atoms with E-state index in [0.29, 0.717) is 17.9 Å². The lowest BCUT2D eigenvalue weighted by Crippen LogP contribution is -2.31. The van der Waals surface area contributed by atoms with Gasteiger partial charge in [0.15, 0.2) is 0 Å². The van der Waals surface area contributed by atoms with Gasteiger partial charge in [-0.1, -0.05) is 0 Å². The number of methoxy groups -OCH3 is 1. The Morgan fingerprint density at radius 2 is 1.97 bits per heavy atom. The van der Waals surface area contributed by atoms with Crippen LogP contribution in [0.2, 0.25) is 0 Å².